The Hall–Kier alpha value is -2.64. The summed E-state index contributed by atoms with van der Waals surface area (Å²) in [5.41, 5.74) is 2.20. The Morgan fingerprint density at radius 2 is 1.91 bits per heavy atom. The number of carbonyl (C=O) groups is 1. The standard InChI is InChI=1S/C26H31ClFN3O3/c1-25(2,3)34-24(32)31-11-9-26(10-12-31,20-4-6-22(28)7-5-20)17-33-13-8-18-14-21(27)15-19-16-29-30-23(18)19/h4-7,14-16H,8-13,17H2,1-3H3,(H,29,30). The van der Waals surface area contributed by atoms with Crippen molar-refractivity contribution in [3.8, 4) is 0 Å². The number of H-pyrrole nitrogens is 1. The SMILES string of the molecule is CC(C)(C)OC(=O)N1CCC(COCCc2cc(Cl)cc3cn[nH]c23)(c2ccc(F)cc2)CC1. The van der Waals surface area contributed by atoms with Crippen molar-refractivity contribution >= 4 is 28.6 Å². The monoisotopic (exact) mass is 487 g/mol. The summed E-state index contributed by atoms with van der Waals surface area (Å²) in [6, 6.07) is 10.4. The van der Waals surface area contributed by atoms with Crippen molar-refractivity contribution in [1.29, 1.82) is 0 Å². The number of benzene rings is 2. The first-order valence-electron chi connectivity index (χ1n) is 11.6. The number of rotatable bonds is 6. The number of aromatic amines is 1. The number of nitrogens with zero attached hydrogens (tertiary/aromatic N) is 2. The van der Waals surface area contributed by atoms with E-state index >= 15 is 0 Å². The maximum absolute atomic E-state index is 13.6. The number of amides is 1. The number of nitrogens with one attached hydrogen (secondary N) is 1. The lowest BCUT2D eigenvalue weighted by atomic mass is 9.73. The third-order valence-electron chi connectivity index (χ3n) is 6.32. The van der Waals surface area contributed by atoms with Crippen LogP contribution in [0.15, 0.2) is 42.6 Å². The average molecular weight is 488 g/mol. The molecule has 0 aliphatic carbocycles. The van der Waals surface area contributed by atoms with Gasteiger partial charge in [-0.05, 0) is 75.4 Å². The predicted octanol–water partition coefficient (Wildman–Crippen LogP) is 5.88. The number of carbonyl (C=O) groups excluding carboxylic acids is 1. The lowest BCUT2D eigenvalue weighted by molar-refractivity contribution is 0.00566. The Kier molecular flexibility index (Phi) is 7.14. The van der Waals surface area contributed by atoms with E-state index in [1.54, 1.807) is 11.1 Å². The molecule has 0 atom stereocenters. The Balaban J connectivity index is 1.43. The fraction of sp³-hybridized carbons (Fsp3) is 0.462. The highest BCUT2D eigenvalue weighted by Gasteiger charge is 2.38. The number of ether oxygens (including phenoxy) is 2. The van der Waals surface area contributed by atoms with E-state index in [1.807, 2.05) is 45.0 Å². The van der Waals surface area contributed by atoms with Gasteiger partial charge < -0.3 is 14.4 Å². The van der Waals surface area contributed by atoms with E-state index in [9.17, 15) is 9.18 Å². The first-order valence-corrected chi connectivity index (χ1v) is 12.0. The van der Waals surface area contributed by atoms with Gasteiger partial charge in [0.1, 0.15) is 11.4 Å². The normalized spacial score (nSPS) is 16.1. The largest absolute Gasteiger partial charge is 0.444 e. The summed E-state index contributed by atoms with van der Waals surface area (Å²) < 4.78 is 25.4. The molecule has 2 aromatic carbocycles. The van der Waals surface area contributed by atoms with E-state index in [4.69, 9.17) is 21.1 Å². The Labute approximate surface area is 204 Å². The third kappa shape index (κ3) is 5.70. The minimum Gasteiger partial charge on any atom is -0.444 e. The molecule has 1 aromatic heterocycles. The van der Waals surface area contributed by atoms with Gasteiger partial charge in [0.2, 0.25) is 0 Å². The molecule has 182 valence electrons. The molecule has 1 fully saturated rings. The van der Waals surface area contributed by atoms with Crippen LogP contribution in [0.5, 0.6) is 0 Å². The predicted molar refractivity (Wildman–Crippen MR) is 131 cm³/mol. The second-order valence-electron chi connectivity index (χ2n) is 9.96. The van der Waals surface area contributed by atoms with Gasteiger partial charge in [0.05, 0.1) is 24.9 Å². The summed E-state index contributed by atoms with van der Waals surface area (Å²) in [4.78, 5) is 14.3. The number of piperidine rings is 1. The molecule has 0 unspecified atom stereocenters. The van der Waals surface area contributed by atoms with Crippen molar-refractivity contribution in [2.24, 2.45) is 0 Å². The second-order valence-corrected chi connectivity index (χ2v) is 10.4. The topological polar surface area (TPSA) is 67.4 Å². The molecular formula is C26H31ClFN3O3. The van der Waals surface area contributed by atoms with E-state index in [-0.39, 0.29) is 17.3 Å². The first-order chi connectivity index (χ1) is 16.2. The van der Waals surface area contributed by atoms with Gasteiger partial charge in [0, 0.05) is 28.9 Å². The summed E-state index contributed by atoms with van der Waals surface area (Å²) in [6.45, 7) is 7.69. The van der Waals surface area contributed by atoms with Crippen LogP contribution in [0.4, 0.5) is 9.18 Å². The molecule has 1 N–H and O–H groups in total. The minimum atomic E-state index is -0.536. The van der Waals surface area contributed by atoms with Gasteiger partial charge in [0.15, 0.2) is 0 Å². The molecule has 1 amide bonds. The fourth-order valence-electron chi connectivity index (χ4n) is 4.50. The van der Waals surface area contributed by atoms with E-state index in [1.165, 1.54) is 12.1 Å². The molecule has 8 heteroatoms. The number of hydrogen-bond acceptors (Lipinski definition) is 4. The molecule has 0 bridgehead atoms. The summed E-state index contributed by atoms with van der Waals surface area (Å²) in [5.74, 6) is -0.268. The molecule has 1 aliphatic rings. The first kappa shape index (κ1) is 24.5. The van der Waals surface area contributed by atoms with Crippen LogP contribution in [-0.4, -0.2) is 53.1 Å². The van der Waals surface area contributed by atoms with Crippen LogP contribution < -0.4 is 0 Å². The average Bonchev–Trinajstić information content (AvgIpc) is 3.25. The quantitative estimate of drug-likeness (QED) is 0.440. The van der Waals surface area contributed by atoms with Gasteiger partial charge in [-0.15, -0.1) is 0 Å². The summed E-state index contributed by atoms with van der Waals surface area (Å²) in [7, 11) is 0. The summed E-state index contributed by atoms with van der Waals surface area (Å²) >= 11 is 6.25. The molecule has 6 nitrogen and oxygen atoms in total. The molecule has 3 aromatic rings. The number of fused-ring (bicyclic) bond motifs is 1. The van der Waals surface area contributed by atoms with Crippen LogP contribution in [-0.2, 0) is 21.3 Å². The Morgan fingerprint density at radius 1 is 1.21 bits per heavy atom. The van der Waals surface area contributed by atoms with Crippen molar-refractivity contribution in [2.45, 2.75) is 51.0 Å². The summed E-state index contributed by atoms with van der Waals surface area (Å²) in [5, 5.41) is 8.77. The summed E-state index contributed by atoms with van der Waals surface area (Å²) in [6.07, 6.45) is 3.56. The molecule has 34 heavy (non-hydrogen) atoms. The molecule has 0 spiro atoms. The van der Waals surface area contributed by atoms with E-state index in [2.05, 4.69) is 10.2 Å². The molecule has 2 heterocycles. The van der Waals surface area contributed by atoms with Crippen LogP contribution in [0.25, 0.3) is 10.9 Å². The maximum atomic E-state index is 13.6. The molecule has 1 aliphatic heterocycles. The van der Waals surface area contributed by atoms with Crippen LogP contribution in [0.3, 0.4) is 0 Å². The maximum Gasteiger partial charge on any atom is 0.410 e. The van der Waals surface area contributed by atoms with Gasteiger partial charge in [-0.2, -0.15) is 5.10 Å². The van der Waals surface area contributed by atoms with Gasteiger partial charge >= 0.3 is 6.09 Å². The number of aromatic nitrogens is 2. The Morgan fingerprint density at radius 3 is 2.59 bits per heavy atom. The second kappa shape index (κ2) is 9.92. The smallest absolute Gasteiger partial charge is 0.410 e. The highest BCUT2D eigenvalue weighted by molar-refractivity contribution is 6.31. The molecular weight excluding hydrogens is 457 g/mol. The number of likely N-dealkylation sites (tertiary alicyclic amines) is 1. The van der Waals surface area contributed by atoms with Crippen molar-refractivity contribution in [3.05, 3.63) is 64.6 Å². The lowest BCUT2D eigenvalue weighted by Gasteiger charge is -2.42. The zero-order valence-corrected chi connectivity index (χ0v) is 20.6. The molecule has 4 rings (SSSR count). The minimum absolute atomic E-state index is 0.268. The Bertz CT molecular complexity index is 1130. The highest BCUT2D eigenvalue weighted by Crippen LogP contribution is 2.36. The van der Waals surface area contributed by atoms with Crippen molar-refractivity contribution < 1.29 is 18.7 Å². The van der Waals surface area contributed by atoms with Gasteiger partial charge in [-0.25, -0.2) is 9.18 Å². The van der Waals surface area contributed by atoms with Gasteiger partial charge in [0.25, 0.3) is 0 Å². The third-order valence-corrected chi connectivity index (χ3v) is 6.54. The zero-order chi connectivity index (χ0) is 24.3. The molecule has 0 saturated carbocycles. The van der Waals surface area contributed by atoms with E-state index < -0.39 is 5.60 Å². The van der Waals surface area contributed by atoms with Gasteiger partial charge in [-0.3, -0.25) is 5.10 Å². The van der Waals surface area contributed by atoms with Gasteiger partial charge in [-0.1, -0.05) is 23.7 Å². The molecule has 1 saturated heterocycles. The van der Waals surface area contributed by atoms with Crippen molar-refractivity contribution in [2.75, 3.05) is 26.3 Å². The van der Waals surface area contributed by atoms with Crippen LogP contribution in [0.1, 0.15) is 44.7 Å². The van der Waals surface area contributed by atoms with Crippen LogP contribution >= 0.6 is 11.6 Å². The number of halogens is 2. The number of hydrogen-bond donors (Lipinski definition) is 1. The lowest BCUT2D eigenvalue weighted by Crippen LogP contribution is -2.48. The van der Waals surface area contributed by atoms with Crippen LogP contribution in [0, 0.1) is 5.82 Å². The fourth-order valence-corrected chi connectivity index (χ4v) is 4.75. The zero-order valence-electron chi connectivity index (χ0n) is 19.9. The highest BCUT2D eigenvalue weighted by atomic mass is 35.5. The van der Waals surface area contributed by atoms with E-state index in [0.717, 1.165) is 22.0 Å². The molecule has 0 radical (unpaired) electrons. The van der Waals surface area contributed by atoms with Crippen molar-refractivity contribution in [1.82, 2.24) is 15.1 Å². The van der Waals surface area contributed by atoms with E-state index in [0.29, 0.717) is 50.6 Å². The van der Waals surface area contributed by atoms with Crippen LogP contribution in [0.2, 0.25) is 5.02 Å². The van der Waals surface area contributed by atoms with Crippen molar-refractivity contribution in [3.63, 3.8) is 0 Å².